The van der Waals surface area contributed by atoms with Gasteiger partial charge in [-0.1, -0.05) is 48.9 Å². The Morgan fingerprint density at radius 3 is 2.71 bits per heavy atom. The van der Waals surface area contributed by atoms with Crippen LogP contribution in [0.4, 0.5) is 11.5 Å². The van der Waals surface area contributed by atoms with Crippen LogP contribution < -0.4 is 10.6 Å². The maximum Gasteiger partial charge on any atom is 0.149 e. The predicted octanol–water partition coefficient (Wildman–Crippen LogP) is 4.48. The van der Waals surface area contributed by atoms with Crippen molar-refractivity contribution in [3.05, 3.63) is 54.2 Å². The van der Waals surface area contributed by atoms with E-state index in [4.69, 9.17) is 0 Å². The van der Waals surface area contributed by atoms with E-state index in [1.807, 2.05) is 13.2 Å². The second kappa shape index (κ2) is 6.93. The Morgan fingerprint density at radius 1 is 1.24 bits per heavy atom. The van der Waals surface area contributed by atoms with Gasteiger partial charge in [0.1, 0.15) is 5.82 Å². The van der Waals surface area contributed by atoms with Gasteiger partial charge in [0.15, 0.2) is 0 Å². The zero-order chi connectivity index (χ0) is 15.2. The summed E-state index contributed by atoms with van der Waals surface area (Å²) in [5, 5.41) is 6.54. The number of nitrogens with zero attached hydrogens (tertiary/aromatic N) is 1. The molecule has 3 heteroatoms. The lowest BCUT2D eigenvalue weighted by Gasteiger charge is -2.13. The maximum atomic E-state index is 4.50. The highest BCUT2D eigenvalue weighted by Gasteiger charge is 2.06. The number of hydrogen-bond acceptors (Lipinski definition) is 3. The number of nitrogens with one attached hydrogen (secondary N) is 2. The molecule has 0 aliphatic rings. The second-order valence-electron chi connectivity index (χ2n) is 5.20. The van der Waals surface area contributed by atoms with Gasteiger partial charge in [-0.25, -0.2) is 4.98 Å². The Balaban J connectivity index is 2.30. The van der Waals surface area contributed by atoms with Crippen molar-refractivity contribution in [1.82, 2.24) is 4.98 Å². The Hall–Kier alpha value is -2.29. The molecule has 2 rings (SSSR count). The minimum Gasteiger partial charge on any atom is -0.378 e. The molecule has 1 aromatic heterocycles. The number of pyridine rings is 1. The maximum absolute atomic E-state index is 4.50. The molecule has 0 aliphatic carbocycles. The molecule has 0 saturated heterocycles. The Kier molecular flexibility index (Phi) is 4.99. The van der Waals surface area contributed by atoms with Gasteiger partial charge in [-0.15, -0.1) is 0 Å². The molecule has 2 N–H and O–H groups in total. The quantitative estimate of drug-likeness (QED) is 0.767. The Bertz CT molecular complexity index is 632. The molecule has 0 unspecified atom stereocenters. The Labute approximate surface area is 127 Å². The molecule has 0 atom stereocenters. The zero-order valence-electron chi connectivity index (χ0n) is 13.0. The first kappa shape index (κ1) is 15.1. The van der Waals surface area contributed by atoms with Crippen molar-refractivity contribution in [2.75, 3.05) is 24.2 Å². The summed E-state index contributed by atoms with van der Waals surface area (Å²) in [7, 11) is 1.88. The van der Waals surface area contributed by atoms with Crippen LogP contribution in [-0.2, 0) is 0 Å². The van der Waals surface area contributed by atoms with Gasteiger partial charge in [0.05, 0.1) is 5.69 Å². The van der Waals surface area contributed by atoms with E-state index in [9.17, 15) is 0 Å². The summed E-state index contributed by atoms with van der Waals surface area (Å²) < 4.78 is 0. The van der Waals surface area contributed by atoms with Crippen molar-refractivity contribution in [3.63, 3.8) is 0 Å². The molecule has 0 spiro atoms. The molecule has 0 radical (unpaired) electrons. The van der Waals surface area contributed by atoms with Crippen molar-refractivity contribution >= 4 is 11.5 Å². The lowest BCUT2D eigenvalue weighted by Crippen LogP contribution is -2.07. The molecule has 0 aliphatic heterocycles. The second-order valence-corrected chi connectivity index (χ2v) is 5.20. The van der Waals surface area contributed by atoms with Gasteiger partial charge in [0.2, 0.25) is 0 Å². The van der Waals surface area contributed by atoms with Crippen LogP contribution in [0.15, 0.2) is 48.7 Å². The third-order valence-electron chi connectivity index (χ3n) is 3.50. The van der Waals surface area contributed by atoms with Crippen molar-refractivity contribution in [2.24, 2.45) is 0 Å². The normalized spacial score (nSPS) is 10.2. The van der Waals surface area contributed by atoms with E-state index in [0.717, 1.165) is 30.0 Å². The predicted molar refractivity (Wildman–Crippen MR) is 91.9 cm³/mol. The zero-order valence-corrected chi connectivity index (χ0v) is 13.0. The van der Waals surface area contributed by atoms with E-state index in [-0.39, 0.29) is 0 Å². The molecule has 110 valence electrons. The average Bonchev–Trinajstić information content (AvgIpc) is 2.52. The van der Waals surface area contributed by atoms with Gasteiger partial charge in [-0.3, -0.25) is 0 Å². The lowest BCUT2D eigenvalue weighted by molar-refractivity contribution is 1.05. The summed E-state index contributed by atoms with van der Waals surface area (Å²) in [5.74, 6) is 0.857. The minimum absolute atomic E-state index is 0.768. The van der Waals surface area contributed by atoms with Gasteiger partial charge in [0.25, 0.3) is 0 Å². The highest BCUT2D eigenvalue weighted by molar-refractivity contribution is 5.74. The number of benzene rings is 1. The van der Waals surface area contributed by atoms with Crippen molar-refractivity contribution in [3.8, 4) is 11.1 Å². The highest BCUT2D eigenvalue weighted by Crippen LogP contribution is 2.27. The number of anilines is 2. The van der Waals surface area contributed by atoms with Crippen LogP contribution in [0.25, 0.3) is 11.1 Å². The van der Waals surface area contributed by atoms with Gasteiger partial charge in [-0.2, -0.15) is 0 Å². The molecule has 1 heterocycles. The largest absolute Gasteiger partial charge is 0.378 e. The smallest absolute Gasteiger partial charge is 0.149 e. The standard InChI is InChI=1S/C18H23N3/c1-5-13(2)11-20-17-10-16(12-21-18(17)19-4)15-8-6-7-14(3)9-15/h6-10,12,20H,2,5,11H2,1,3-4H3,(H,19,21). The molecule has 2 aromatic rings. The van der Waals surface area contributed by atoms with Crippen molar-refractivity contribution < 1.29 is 0 Å². The average molecular weight is 281 g/mol. The lowest BCUT2D eigenvalue weighted by atomic mass is 10.0. The molecule has 21 heavy (non-hydrogen) atoms. The third-order valence-corrected chi connectivity index (χ3v) is 3.50. The van der Waals surface area contributed by atoms with E-state index in [1.165, 1.54) is 16.7 Å². The number of aromatic nitrogens is 1. The van der Waals surface area contributed by atoms with Gasteiger partial charge in [-0.05, 0) is 25.0 Å². The topological polar surface area (TPSA) is 37.0 Å². The fourth-order valence-electron chi connectivity index (χ4n) is 2.13. The Morgan fingerprint density at radius 2 is 2.05 bits per heavy atom. The van der Waals surface area contributed by atoms with Gasteiger partial charge < -0.3 is 10.6 Å². The van der Waals surface area contributed by atoms with E-state index < -0.39 is 0 Å². The summed E-state index contributed by atoms with van der Waals surface area (Å²) in [4.78, 5) is 4.50. The van der Waals surface area contributed by atoms with Crippen LogP contribution in [0.1, 0.15) is 18.9 Å². The first-order valence-electron chi connectivity index (χ1n) is 7.29. The molecule has 0 fully saturated rings. The van der Waals surface area contributed by atoms with E-state index in [0.29, 0.717) is 0 Å². The summed E-state index contributed by atoms with van der Waals surface area (Å²) in [6.45, 7) is 9.02. The summed E-state index contributed by atoms with van der Waals surface area (Å²) >= 11 is 0. The van der Waals surface area contributed by atoms with E-state index in [2.05, 4.69) is 66.4 Å². The van der Waals surface area contributed by atoms with Gasteiger partial charge >= 0.3 is 0 Å². The van der Waals surface area contributed by atoms with Crippen LogP contribution in [0.3, 0.4) is 0 Å². The fourth-order valence-corrected chi connectivity index (χ4v) is 2.13. The summed E-state index contributed by atoms with van der Waals surface area (Å²) in [6.07, 6.45) is 2.88. The summed E-state index contributed by atoms with van der Waals surface area (Å²) in [6, 6.07) is 10.6. The van der Waals surface area contributed by atoms with E-state index >= 15 is 0 Å². The van der Waals surface area contributed by atoms with Gasteiger partial charge in [0, 0.05) is 25.4 Å². The van der Waals surface area contributed by atoms with Crippen LogP contribution in [-0.4, -0.2) is 18.6 Å². The first-order chi connectivity index (χ1) is 10.1. The number of aryl methyl sites for hydroxylation is 1. The number of rotatable bonds is 6. The first-order valence-corrected chi connectivity index (χ1v) is 7.29. The van der Waals surface area contributed by atoms with Crippen molar-refractivity contribution in [2.45, 2.75) is 20.3 Å². The molecule has 1 aromatic carbocycles. The minimum atomic E-state index is 0.768. The molecule has 0 amide bonds. The number of hydrogen-bond donors (Lipinski definition) is 2. The third kappa shape index (κ3) is 3.85. The van der Waals surface area contributed by atoms with Crippen LogP contribution in [0, 0.1) is 6.92 Å². The SMILES string of the molecule is C=C(CC)CNc1cc(-c2cccc(C)c2)cnc1NC. The molecule has 0 saturated carbocycles. The molecular formula is C18H23N3. The molecule has 3 nitrogen and oxygen atoms in total. The summed E-state index contributed by atoms with van der Waals surface area (Å²) in [5.41, 5.74) is 5.73. The van der Waals surface area contributed by atoms with Crippen LogP contribution in [0.2, 0.25) is 0 Å². The van der Waals surface area contributed by atoms with Crippen LogP contribution >= 0.6 is 0 Å². The fraction of sp³-hybridized carbons (Fsp3) is 0.278. The van der Waals surface area contributed by atoms with Crippen LogP contribution in [0.5, 0.6) is 0 Å². The van der Waals surface area contributed by atoms with E-state index in [1.54, 1.807) is 0 Å². The highest BCUT2D eigenvalue weighted by atomic mass is 15.0. The monoisotopic (exact) mass is 281 g/mol. The van der Waals surface area contributed by atoms with Crippen molar-refractivity contribution in [1.29, 1.82) is 0 Å². The molecule has 0 bridgehead atoms. The molecular weight excluding hydrogens is 258 g/mol.